The Hall–Kier alpha value is -2.78. The number of nitrogens with one attached hydrogen (secondary N) is 1. The summed E-state index contributed by atoms with van der Waals surface area (Å²) < 4.78 is 24.4. The summed E-state index contributed by atoms with van der Waals surface area (Å²) in [5.41, 5.74) is 2.60. The van der Waals surface area contributed by atoms with Crippen molar-refractivity contribution < 1.29 is 13.2 Å². The molecule has 0 aliphatic heterocycles. The summed E-state index contributed by atoms with van der Waals surface area (Å²) in [6, 6.07) is 10.3. The highest BCUT2D eigenvalue weighted by molar-refractivity contribution is 7.92. The third kappa shape index (κ3) is 4.06. The van der Waals surface area contributed by atoms with Crippen LogP contribution in [0.4, 0.5) is 10.8 Å². The Bertz CT molecular complexity index is 1020. The van der Waals surface area contributed by atoms with Crippen molar-refractivity contribution in [1.29, 1.82) is 0 Å². The van der Waals surface area contributed by atoms with Gasteiger partial charge in [0.05, 0.1) is 17.6 Å². The molecule has 0 aliphatic rings. The lowest BCUT2D eigenvalue weighted by atomic mass is 10.1. The Morgan fingerprint density at radius 2 is 1.77 bits per heavy atom. The van der Waals surface area contributed by atoms with E-state index in [2.05, 4.69) is 15.3 Å². The molecule has 0 fully saturated rings. The molecule has 0 atom stereocenters. The molecule has 0 radical (unpaired) electrons. The molecule has 134 valence electrons. The average molecular weight is 388 g/mol. The molecule has 26 heavy (non-hydrogen) atoms. The largest absolute Gasteiger partial charge is 0.298 e. The zero-order valence-electron chi connectivity index (χ0n) is 14.1. The predicted octanol–water partition coefficient (Wildman–Crippen LogP) is 2.85. The van der Waals surface area contributed by atoms with Crippen molar-refractivity contribution in [2.24, 2.45) is 0 Å². The highest BCUT2D eigenvalue weighted by Gasteiger charge is 2.13. The van der Waals surface area contributed by atoms with Crippen molar-refractivity contribution in [1.82, 2.24) is 9.97 Å². The van der Waals surface area contributed by atoms with Crippen molar-refractivity contribution in [2.75, 3.05) is 22.9 Å². The topological polar surface area (TPSA) is 92.3 Å². The van der Waals surface area contributed by atoms with Crippen LogP contribution in [0.1, 0.15) is 10.4 Å². The van der Waals surface area contributed by atoms with Gasteiger partial charge in [-0.05, 0) is 24.3 Å². The number of hydrogen-bond acceptors (Lipinski definition) is 6. The van der Waals surface area contributed by atoms with Gasteiger partial charge in [-0.3, -0.25) is 19.4 Å². The number of carbonyl (C=O) groups is 1. The van der Waals surface area contributed by atoms with Crippen LogP contribution in [0.15, 0.2) is 54.2 Å². The molecule has 1 amide bonds. The van der Waals surface area contributed by atoms with Gasteiger partial charge in [0.1, 0.15) is 0 Å². The van der Waals surface area contributed by atoms with E-state index in [0.717, 1.165) is 11.8 Å². The molecule has 3 aromatic rings. The average Bonchev–Trinajstić information content (AvgIpc) is 3.09. The summed E-state index contributed by atoms with van der Waals surface area (Å²) in [6.07, 6.45) is 4.26. The molecule has 0 saturated heterocycles. The van der Waals surface area contributed by atoms with Gasteiger partial charge in [-0.1, -0.05) is 12.1 Å². The van der Waals surface area contributed by atoms with E-state index < -0.39 is 10.0 Å². The van der Waals surface area contributed by atoms with Crippen LogP contribution in [-0.2, 0) is 10.0 Å². The van der Waals surface area contributed by atoms with Gasteiger partial charge in [0.2, 0.25) is 10.0 Å². The highest BCUT2D eigenvalue weighted by Crippen LogP contribution is 2.27. The van der Waals surface area contributed by atoms with Crippen molar-refractivity contribution in [3.8, 4) is 11.3 Å². The second-order valence-electron chi connectivity index (χ2n) is 5.51. The number of rotatable bonds is 5. The molecule has 0 aliphatic carbocycles. The Kier molecular flexibility index (Phi) is 5.01. The number of thiazole rings is 1. The van der Waals surface area contributed by atoms with Crippen LogP contribution in [0.25, 0.3) is 11.3 Å². The molecular formula is C17H16N4O3S2. The Morgan fingerprint density at radius 3 is 2.38 bits per heavy atom. The predicted molar refractivity (Wildman–Crippen MR) is 103 cm³/mol. The van der Waals surface area contributed by atoms with E-state index in [1.807, 2.05) is 5.38 Å². The van der Waals surface area contributed by atoms with Crippen LogP contribution in [0.5, 0.6) is 0 Å². The van der Waals surface area contributed by atoms with Gasteiger partial charge in [-0.25, -0.2) is 13.4 Å². The van der Waals surface area contributed by atoms with Gasteiger partial charge >= 0.3 is 0 Å². The molecule has 1 N–H and O–H groups in total. The van der Waals surface area contributed by atoms with Gasteiger partial charge < -0.3 is 0 Å². The lowest BCUT2D eigenvalue weighted by Gasteiger charge is -2.16. The third-order valence-electron chi connectivity index (χ3n) is 3.69. The molecule has 9 heteroatoms. The van der Waals surface area contributed by atoms with Crippen LogP contribution in [0.3, 0.4) is 0 Å². The van der Waals surface area contributed by atoms with E-state index in [1.54, 1.807) is 48.8 Å². The van der Waals surface area contributed by atoms with Crippen LogP contribution in [-0.4, -0.2) is 37.6 Å². The van der Waals surface area contributed by atoms with E-state index >= 15 is 0 Å². The highest BCUT2D eigenvalue weighted by atomic mass is 32.2. The third-order valence-corrected chi connectivity index (χ3v) is 5.65. The second-order valence-corrected chi connectivity index (χ2v) is 8.38. The zero-order chi connectivity index (χ0) is 18.7. The van der Waals surface area contributed by atoms with E-state index in [4.69, 9.17) is 0 Å². The van der Waals surface area contributed by atoms with Crippen molar-refractivity contribution >= 4 is 38.1 Å². The summed E-state index contributed by atoms with van der Waals surface area (Å²) in [5.74, 6) is -0.251. The van der Waals surface area contributed by atoms with Gasteiger partial charge in [0, 0.05) is 35.9 Å². The molecule has 0 unspecified atom stereocenters. The Morgan fingerprint density at radius 1 is 1.12 bits per heavy atom. The maximum atomic E-state index is 12.1. The SMILES string of the molecule is CN(c1ccc(-c2csc(NC(=O)c3ccncc3)n2)cc1)S(C)(=O)=O. The first-order valence-corrected chi connectivity index (χ1v) is 10.3. The first-order valence-electron chi connectivity index (χ1n) is 7.56. The molecule has 0 spiro atoms. The maximum Gasteiger partial charge on any atom is 0.257 e. The molecule has 0 bridgehead atoms. The number of nitrogens with zero attached hydrogens (tertiary/aromatic N) is 3. The van der Waals surface area contributed by atoms with E-state index in [0.29, 0.717) is 22.1 Å². The lowest BCUT2D eigenvalue weighted by molar-refractivity contribution is 0.102. The summed E-state index contributed by atoms with van der Waals surface area (Å²) in [7, 11) is -1.80. The quantitative estimate of drug-likeness (QED) is 0.726. The summed E-state index contributed by atoms with van der Waals surface area (Å²) in [4.78, 5) is 20.4. The summed E-state index contributed by atoms with van der Waals surface area (Å²) in [6.45, 7) is 0. The monoisotopic (exact) mass is 388 g/mol. The minimum absolute atomic E-state index is 0.251. The van der Waals surface area contributed by atoms with Crippen LogP contribution in [0, 0.1) is 0 Å². The van der Waals surface area contributed by atoms with Gasteiger partial charge in [-0.2, -0.15) is 0 Å². The molecule has 2 heterocycles. The number of carbonyl (C=O) groups excluding carboxylic acids is 1. The maximum absolute atomic E-state index is 12.1. The number of anilines is 2. The lowest BCUT2D eigenvalue weighted by Crippen LogP contribution is -2.24. The van der Waals surface area contributed by atoms with Gasteiger partial charge in [0.15, 0.2) is 5.13 Å². The fraction of sp³-hybridized carbons (Fsp3) is 0.118. The number of amides is 1. The number of benzene rings is 1. The Balaban J connectivity index is 1.75. The zero-order valence-corrected chi connectivity index (χ0v) is 15.7. The minimum Gasteiger partial charge on any atom is -0.298 e. The first kappa shape index (κ1) is 18.0. The van der Waals surface area contributed by atoms with Crippen molar-refractivity contribution in [3.05, 3.63) is 59.7 Å². The van der Waals surface area contributed by atoms with Crippen molar-refractivity contribution in [3.63, 3.8) is 0 Å². The standard InChI is InChI=1S/C17H16N4O3S2/c1-21(26(2,23)24)14-5-3-12(4-6-14)15-11-25-17(19-15)20-16(22)13-7-9-18-10-8-13/h3-11H,1-2H3,(H,19,20,22). The Labute approximate surface area is 155 Å². The smallest absolute Gasteiger partial charge is 0.257 e. The normalized spacial score (nSPS) is 11.2. The number of pyridine rings is 1. The van der Waals surface area contributed by atoms with Crippen LogP contribution in [0.2, 0.25) is 0 Å². The van der Waals surface area contributed by atoms with Crippen LogP contribution >= 0.6 is 11.3 Å². The molecular weight excluding hydrogens is 372 g/mol. The van der Waals surface area contributed by atoms with Crippen LogP contribution < -0.4 is 9.62 Å². The van der Waals surface area contributed by atoms with Crippen molar-refractivity contribution in [2.45, 2.75) is 0 Å². The number of sulfonamides is 1. The van der Waals surface area contributed by atoms with E-state index in [1.165, 1.54) is 22.7 Å². The van der Waals surface area contributed by atoms with E-state index in [9.17, 15) is 13.2 Å². The minimum atomic E-state index is -3.30. The molecule has 3 rings (SSSR count). The molecule has 2 aromatic heterocycles. The summed E-state index contributed by atoms with van der Waals surface area (Å²) >= 11 is 1.32. The number of aromatic nitrogens is 2. The van der Waals surface area contributed by atoms with E-state index in [-0.39, 0.29) is 5.91 Å². The number of hydrogen-bond donors (Lipinski definition) is 1. The fourth-order valence-corrected chi connectivity index (χ4v) is 3.39. The van der Waals surface area contributed by atoms with Gasteiger partial charge in [0.25, 0.3) is 5.91 Å². The fourth-order valence-electron chi connectivity index (χ4n) is 2.17. The first-order chi connectivity index (χ1) is 12.3. The molecule has 0 saturated carbocycles. The summed E-state index contributed by atoms with van der Waals surface area (Å²) in [5, 5.41) is 5.07. The molecule has 1 aromatic carbocycles. The van der Waals surface area contributed by atoms with Gasteiger partial charge in [-0.15, -0.1) is 11.3 Å². The molecule has 7 nitrogen and oxygen atoms in total. The second kappa shape index (κ2) is 7.22.